The molecule has 13 heteroatoms. The second kappa shape index (κ2) is 11.1. The number of benzene rings is 2. The topological polar surface area (TPSA) is 145 Å². The number of carbonyl (C=O) groups excluding carboxylic acids is 2. The molecule has 2 N–H and O–H groups in total. The number of thiazole rings is 1. The zero-order chi connectivity index (χ0) is 25.7. The van der Waals surface area contributed by atoms with Gasteiger partial charge in [0.05, 0.1) is 22.9 Å². The molecule has 0 aliphatic rings. The van der Waals surface area contributed by atoms with Crippen LogP contribution in [0.5, 0.6) is 0 Å². The first-order valence-corrected chi connectivity index (χ1v) is 12.5. The van der Waals surface area contributed by atoms with Crippen molar-refractivity contribution in [1.29, 1.82) is 0 Å². The maximum atomic E-state index is 12.4. The van der Waals surface area contributed by atoms with Crippen LogP contribution >= 0.6 is 23.1 Å². The SMILES string of the molecule is Cc1ccccc1C(=O)NCc1nnc(SCC(=O)Nc2nc(-c3cccc([N+](=O)[O-])c3)cs2)n1C. The number of thioether (sulfide) groups is 1. The number of nitro benzene ring substituents is 1. The maximum Gasteiger partial charge on any atom is 0.270 e. The van der Waals surface area contributed by atoms with E-state index >= 15 is 0 Å². The lowest BCUT2D eigenvalue weighted by Gasteiger charge is -2.07. The van der Waals surface area contributed by atoms with Crippen LogP contribution in [0.4, 0.5) is 10.8 Å². The fourth-order valence-corrected chi connectivity index (χ4v) is 4.70. The van der Waals surface area contributed by atoms with Gasteiger partial charge in [-0.1, -0.05) is 42.1 Å². The average molecular weight is 524 g/mol. The molecule has 0 atom stereocenters. The molecule has 0 aliphatic carbocycles. The third-order valence-electron chi connectivity index (χ3n) is 5.16. The van der Waals surface area contributed by atoms with Gasteiger partial charge in [0.15, 0.2) is 16.1 Å². The predicted octanol–water partition coefficient (Wildman–Crippen LogP) is 3.82. The van der Waals surface area contributed by atoms with Gasteiger partial charge in [-0.25, -0.2) is 4.98 Å². The fourth-order valence-electron chi connectivity index (χ4n) is 3.23. The van der Waals surface area contributed by atoms with Crippen molar-refractivity contribution in [1.82, 2.24) is 25.1 Å². The number of hydrogen-bond donors (Lipinski definition) is 2. The summed E-state index contributed by atoms with van der Waals surface area (Å²) in [4.78, 5) is 39.7. The van der Waals surface area contributed by atoms with Crippen molar-refractivity contribution in [3.05, 3.63) is 81.0 Å². The highest BCUT2D eigenvalue weighted by molar-refractivity contribution is 7.99. The highest BCUT2D eigenvalue weighted by Gasteiger charge is 2.15. The lowest BCUT2D eigenvalue weighted by molar-refractivity contribution is -0.384. The summed E-state index contributed by atoms with van der Waals surface area (Å²) in [6.45, 7) is 2.07. The summed E-state index contributed by atoms with van der Waals surface area (Å²) in [6, 6.07) is 13.5. The van der Waals surface area contributed by atoms with E-state index in [4.69, 9.17) is 0 Å². The number of nitrogens with zero attached hydrogens (tertiary/aromatic N) is 5. The molecular weight excluding hydrogens is 502 g/mol. The molecule has 2 heterocycles. The highest BCUT2D eigenvalue weighted by Crippen LogP contribution is 2.27. The second-order valence-electron chi connectivity index (χ2n) is 7.64. The minimum atomic E-state index is -0.466. The van der Waals surface area contributed by atoms with Gasteiger partial charge in [0.25, 0.3) is 11.6 Å². The molecule has 0 saturated heterocycles. The van der Waals surface area contributed by atoms with Crippen LogP contribution in [0.3, 0.4) is 0 Å². The van der Waals surface area contributed by atoms with Gasteiger partial charge >= 0.3 is 0 Å². The molecule has 2 aromatic carbocycles. The van der Waals surface area contributed by atoms with E-state index in [0.717, 1.165) is 5.56 Å². The third kappa shape index (κ3) is 5.93. The van der Waals surface area contributed by atoms with Crippen LogP contribution in [0.2, 0.25) is 0 Å². The van der Waals surface area contributed by atoms with Gasteiger partial charge < -0.3 is 15.2 Å². The van der Waals surface area contributed by atoms with E-state index in [1.165, 1.54) is 35.2 Å². The number of non-ortho nitro benzene ring substituents is 1. The van der Waals surface area contributed by atoms with E-state index in [9.17, 15) is 19.7 Å². The summed E-state index contributed by atoms with van der Waals surface area (Å²) in [5.41, 5.74) is 2.59. The summed E-state index contributed by atoms with van der Waals surface area (Å²) in [5, 5.41) is 27.4. The Morgan fingerprint density at radius 2 is 1.97 bits per heavy atom. The predicted molar refractivity (Wildman–Crippen MR) is 137 cm³/mol. The Morgan fingerprint density at radius 3 is 2.75 bits per heavy atom. The lowest BCUT2D eigenvalue weighted by atomic mass is 10.1. The van der Waals surface area contributed by atoms with E-state index in [2.05, 4.69) is 25.8 Å². The van der Waals surface area contributed by atoms with Crippen molar-refractivity contribution < 1.29 is 14.5 Å². The Bertz CT molecular complexity index is 1430. The van der Waals surface area contributed by atoms with Crippen LogP contribution in [0.15, 0.2) is 59.1 Å². The van der Waals surface area contributed by atoms with Gasteiger partial charge in [-0.15, -0.1) is 21.5 Å². The monoisotopic (exact) mass is 523 g/mol. The first kappa shape index (κ1) is 25.0. The van der Waals surface area contributed by atoms with E-state index in [1.54, 1.807) is 35.2 Å². The number of nitrogens with one attached hydrogen (secondary N) is 2. The molecular formula is C23H21N7O4S2. The highest BCUT2D eigenvalue weighted by atomic mass is 32.2. The van der Waals surface area contributed by atoms with E-state index < -0.39 is 4.92 Å². The summed E-state index contributed by atoms with van der Waals surface area (Å²) >= 11 is 2.43. The molecule has 0 unspecified atom stereocenters. The summed E-state index contributed by atoms with van der Waals surface area (Å²) in [5.74, 6) is 0.157. The Hall–Kier alpha value is -4.10. The molecule has 0 fully saturated rings. The van der Waals surface area contributed by atoms with Crippen molar-refractivity contribution in [3.8, 4) is 11.3 Å². The zero-order valence-corrected chi connectivity index (χ0v) is 20.9. The number of aryl methyl sites for hydroxylation is 1. The van der Waals surface area contributed by atoms with E-state index in [1.807, 2.05) is 25.1 Å². The molecule has 2 amide bonds. The van der Waals surface area contributed by atoms with Gasteiger partial charge in [0, 0.05) is 35.7 Å². The quantitative estimate of drug-likeness (QED) is 0.191. The normalized spacial score (nSPS) is 10.7. The van der Waals surface area contributed by atoms with E-state index in [-0.39, 0.29) is 29.8 Å². The van der Waals surface area contributed by atoms with Crippen molar-refractivity contribution in [2.24, 2.45) is 7.05 Å². The summed E-state index contributed by atoms with van der Waals surface area (Å²) in [7, 11) is 1.77. The number of aromatic nitrogens is 4. The smallest absolute Gasteiger partial charge is 0.270 e. The standard InChI is InChI=1S/C23H21N7O4S2/c1-14-6-3-4-9-17(14)21(32)24-11-19-27-28-23(29(19)2)36-13-20(31)26-22-25-18(12-35-22)15-7-5-8-16(10-15)30(33)34/h3-10,12H,11,13H2,1-2H3,(H,24,32)(H,25,26,31). The van der Waals surface area contributed by atoms with Crippen LogP contribution in [0.1, 0.15) is 21.7 Å². The number of amides is 2. The molecule has 36 heavy (non-hydrogen) atoms. The fraction of sp³-hybridized carbons (Fsp3) is 0.174. The van der Waals surface area contributed by atoms with Crippen LogP contribution in [0.25, 0.3) is 11.3 Å². The first-order chi connectivity index (χ1) is 17.3. The molecule has 2 aromatic heterocycles. The van der Waals surface area contributed by atoms with Crippen LogP contribution in [-0.2, 0) is 18.4 Å². The minimum Gasteiger partial charge on any atom is -0.345 e. The molecule has 0 aliphatic heterocycles. The molecule has 184 valence electrons. The first-order valence-electron chi connectivity index (χ1n) is 10.7. The van der Waals surface area contributed by atoms with Crippen molar-refractivity contribution in [2.75, 3.05) is 11.1 Å². The number of hydrogen-bond acceptors (Lipinski definition) is 9. The zero-order valence-electron chi connectivity index (χ0n) is 19.3. The van der Waals surface area contributed by atoms with Gasteiger partial charge in [-0.3, -0.25) is 19.7 Å². The van der Waals surface area contributed by atoms with Crippen molar-refractivity contribution >= 4 is 45.7 Å². The lowest BCUT2D eigenvalue weighted by Crippen LogP contribution is -2.25. The number of carbonyl (C=O) groups is 2. The van der Waals surface area contributed by atoms with Crippen LogP contribution in [-0.4, -0.2) is 42.2 Å². The third-order valence-corrected chi connectivity index (χ3v) is 6.94. The molecule has 4 rings (SSSR count). The van der Waals surface area contributed by atoms with Gasteiger partial charge in [0.1, 0.15) is 0 Å². The van der Waals surface area contributed by atoms with Crippen LogP contribution < -0.4 is 10.6 Å². The van der Waals surface area contributed by atoms with Crippen LogP contribution in [0, 0.1) is 17.0 Å². The van der Waals surface area contributed by atoms with Crippen molar-refractivity contribution in [2.45, 2.75) is 18.6 Å². The Labute approximate surface area is 214 Å². The summed E-state index contributed by atoms with van der Waals surface area (Å²) in [6.07, 6.45) is 0. The summed E-state index contributed by atoms with van der Waals surface area (Å²) < 4.78 is 1.72. The van der Waals surface area contributed by atoms with Gasteiger partial charge in [-0.05, 0) is 18.6 Å². The second-order valence-corrected chi connectivity index (χ2v) is 9.44. The van der Waals surface area contributed by atoms with Crippen molar-refractivity contribution in [3.63, 3.8) is 0 Å². The number of anilines is 1. The van der Waals surface area contributed by atoms with Gasteiger partial charge in [0.2, 0.25) is 5.91 Å². The number of rotatable bonds is 9. The molecule has 0 radical (unpaired) electrons. The number of nitro groups is 1. The molecule has 0 spiro atoms. The Kier molecular flexibility index (Phi) is 7.71. The molecule has 11 nitrogen and oxygen atoms in total. The van der Waals surface area contributed by atoms with E-state index in [0.29, 0.717) is 32.9 Å². The van der Waals surface area contributed by atoms with Gasteiger partial charge in [-0.2, -0.15) is 0 Å². The molecule has 0 saturated carbocycles. The molecule has 4 aromatic rings. The largest absolute Gasteiger partial charge is 0.345 e. The minimum absolute atomic E-state index is 0.0275. The Morgan fingerprint density at radius 1 is 1.17 bits per heavy atom. The Balaban J connectivity index is 1.30. The maximum absolute atomic E-state index is 12.4. The average Bonchev–Trinajstić information content (AvgIpc) is 3.48. The molecule has 0 bridgehead atoms.